The Morgan fingerprint density at radius 2 is 2.26 bits per heavy atom. The summed E-state index contributed by atoms with van der Waals surface area (Å²) in [4.78, 5) is 10.3. The van der Waals surface area contributed by atoms with Gasteiger partial charge in [0.15, 0.2) is 5.11 Å². The standard InChI is InChI=1S/C15H14N4O3S/c1-2-8-16-15(23)18-17-10-13-6-7-14(22-13)11-4-3-5-12(9-11)19(20)21/h2-7,9-10H,1,8H2,(H2,16,18,23)/b17-10+. The summed E-state index contributed by atoms with van der Waals surface area (Å²) in [6, 6.07) is 9.64. The summed E-state index contributed by atoms with van der Waals surface area (Å²) in [5.74, 6) is 1.01. The van der Waals surface area contributed by atoms with Crippen molar-refractivity contribution in [1.82, 2.24) is 10.7 Å². The molecule has 0 fully saturated rings. The van der Waals surface area contributed by atoms with Crippen LogP contribution in [0.4, 0.5) is 5.69 Å². The fraction of sp³-hybridized carbons (Fsp3) is 0.0667. The molecule has 2 rings (SSSR count). The molecule has 0 aliphatic heterocycles. The molecule has 0 spiro atoms. The summed E-state index contributed by atoms with van der Waals surface area (Å²) in [7, 11) is 0. The number of rotatable bonds is 6. The van der Waals surface area contributed by atoms with Gasteiger partial charge in [-0.25, -0.2) is 0 Å². The summed E-state index contributed by atoms with van der Waals surface area (Å²) in [6.07, 6.45) is 3.14. The molecule has 0 aliphatic carbocycles. The molecule has 0 saturated carbocycles. The first-order chi connectivity index (χ1) is 11.1. The summed E-state index contributed by atoms with van der Waals surface area (Å²) < 4.78 is 5.58. The lowest BCUT2D eigenvalue weighted by Gasteiger charge is -2.02. The minimum Gasteiger partial charge on any atom is -0.455 e. The van der Waals surface area contributed by atoms with Crippen molar-refractivity contribution in [3.8, 4) is 11.3 Å². The molecule has 8 heteroatoms. The molecule has 0 aliphatic rings. The molecular weight excluding hydrogens is 316 g/mol. The highest BCUT2D eigenvalue weighted by Gasteiger charge is 2.09. The molecule has 1 aromatic carbocycles. The number of nitro groups is 1. The summed E-state index contributed by atoms with van der Waals surface area (Å²) >= 11 is 4.98. The highest BCUT2D eigenvalue weighted by atomic mass is 32.1. The summed E-state index contributed by atoms with van der Waals surface area (Å²) in [5, 5.41) is 18.0. The van der Waals surface area contributed by atoms with Gasteiger partial charge in [-0.05, 0) is 24.4 Å². The number of hydrogen-bond donors (Lipinski definition) is 2. The van der Waals surface area contributed by atoms with Crippen LogP contribution in [0, 0.1) is 10.1 Å². The van der Waals surface area contributed by atoms with Crippen LogP contribution in [0.25, 0.3) is 11.3 Å². The van der Waals surface area contributed by atoms with Crippen molar-refractivity contribution in [2.24, 2.45) is 5.10 Å². The molecule has 2 N–H and O–H groups in total. The zero-order valence-electron chi connectivity index (χ0n) is 12.1. The maximum absolute atomic E-state index is 10.8. The molecular formula is C15H14N4O3S. The SMILES string of the molecule is C=CCNC(=S)N/N=C/c1ccc(-c2cccc([N+](=O)[O-])c2)o1. The lowest BCUT2D eigenvalue weighted by atomic mass is 10.1. The largest absolute Gasteiger partial charge is 0.455 e. The smallest absolute Gasteiger partial charge is 0.270 e. The van der Waals surface area contributed by atoms with E-state index in [0.717, 1.165) is 0 Å². The Bertz CT molecular complexity index is 755. The molecule has 0 amide bonds. The molecule has 1 aromatic heterocycles. The van der Waals surface area contributed by atoms with Gasteiger partial charge in [0.1, 0.15) is 11.5 Å². The van der Waals surface area contributed by atoms with Crippen LogP contribution in [0.5, 0.6) is 0 Å². The lowest BCUT2D eigenvalue weighted by molar-refractivity contribution is -0.384. The summed E-state index contributed by atoms with van der Waals surface area (Å²) in [5.41, 5.74) is 3.26. The molecule has 118 valence electrons. The van der Waals surface area contributed by atoms with E-state index in [1.165, 1.54) is 18.3 Å². The van der Waals surface area contributed by atoms with E-state index in [1.54, 1.807) is 30.3 Å². The third-order valence-electron chi connectivity index (χ3n) is 2.73. The van der Waals surface area contributed by atoms with Gasteiger partial charge in [-0.3, -0.25) is 15.5 Å². The quantitative estimate of drug-likeness (QED) is 0.278. The third-order valence-corrected chi connectivity index (χ3v) is 2.97. The van der Waals surface area contributed by atoms with Crippen LogP contribution in [0.15, 0.2) is 58.6 Å². The Morgan fingerprint density at radius 1 is 1.43 bits per heavy atom. The van der Waals surface area contributed by atoms with Crippen LogP contribution < -0.4 is 10.7 Å². The number of nitrogens with one attached hydrogen (secondary N) is 2. The van der Waals surface area contributed by atoms with Crippen molar-refractivity contribution < 1.29 is 9.34 Å². The van der Waals surface area contributed by atoms with E-state index < -0.39 is 4.92 Å². The topological polar surface area (TPSA) is 92.7 Å². The molecule has 0 atom stereocenters. The van der Waals surface area contributed by atoms with E-state index in [0.29, 0.717) is 28.7 Å². The van der Waals surface area contributed by atoms with E-state index >= 15 is 0 Å². The zero-order valence-corrected chi connectivity index (χ0v) is 12.9. The van der Waals surface area contributed by atoms with Crippen LogP contribution >= 0.6 is 12.2 Å². The first kappa shape index (κ1) is 16.4. The van der Waals surface area contributed by atoms with Gasteiger partial charge in [-0.15, -0.1) is 6.58 Å². The fourth-order valence-electron chi connectivity index (χ4n) is 1.71. The molecule has 7 nitrogen and oxygen atoms in total. The number of hydrazone groups is 1. The Hall–Kier alpha value is -3.00. The maximum atomic E-state index is 10.8. The number of nitrogens with zero attached hydrogens (tertiary/aromatic N) is 2. The minimum absolute atomic E-state index is 0.00873. The van der Waals surface area contributed by atoms with E-state index in [-0.39, 0.29) is 5.69 Å². The van der Waals surface area contributed by atoms with Crippen molar-refractivity contribution in [1.29, 1.82) is 0 Å². The van der Waals surface area contributed by atoms with Crippen LogP contribution in [-0.4, -0.2) is 22.8 Å². The first-order valence-electron chi connectivity index (χ1n) is 6.62. The molecule has 1 heterocycles. The van der Waals surface area contributed by atoms with Gasteiger partial charge in [-0.1, -0.05) is 18.2 Å². The highest BCUT2D eigenvalue weighted by molar-refractivity contribution is 7.80. The number of non-ortho nitro benzene ring substituents is 1. The van der Waals surface area contributed by atoms with Gasteiger partial charge >= 0.3 is 0 Å². The Balaban J connectivity index is 2.03. The predicted octanol–water partition coefficient (Wildman–Crippen LogP) is 2.84. The van der Waals surface area contributed by atoms with Crippen molar-refractivity contribution in [2.45, 2.75) is 0 Å². The van der Waals surface area contributed by atoms with Crippen molar-refractivity contribution in [2.75, 3.05) is 6.54 Å². The van der Waals surface area contributed by atoms with E-state index in [4.69, 9.17) is 16.6 Å². The second-order valence-electron chi connectivity index (χ2n) is 4.38. The van der Waals surface area contributed by atoms with Gasteiger partial charge in [0, 0.05) is 24.2 Å². The van der Waals surface area contributed by atoms with Crippen LogP contribution in [0.3, 0.4) is 0 Å². The van der Waals surface area contributed by atoms with Crippen LogP contribution in [-0.2, 0) is 0 Å². The van der Waals surface area contributed by atoms with E-state index in [2.05, 4.69) is 22.4 Å². The van der Waals surface area contributed by atoms with Gasteiger partial charge in [0.25, 0.3) is 5.69 Å². The van der Waals surface area contributed by atoms with Gasteiger partial charge < -0.3 is 9.73 Å². The molecule has 2 aromatic rings. The van der Waals surface area contributed by atoms with Gasteiger partial charge in [0.05, 0.1) is 11.1 Å². The Morgan fingerprint density at radius 3 is 3.00 bits per heavy atom. The molecule has 23 heavy (non-hydrogen) atoms. The number of nitro benzene ring substituents is 1. The molecule has 0 bridgehead atoms. The normalized spacial score (nSPS) is 10.4. The lowest BCUT2D eigenvalue weighted by Crippen LogP contribution is -2.31. The van der Waals surface area contributed by atoms with E-state index in [9.17, 15) is 10.1 Å². The molecule has 0 saturated heterocycles. The number of thiocarbonyl (C=S) groups is 1. The molecule has 0 unspecified atom stereocenters. The van der Waals surface area contributed by atoms with Crippen molar-refractivity contribution >= 4 is 29.2 Å². The fourth-order valence-corrected chi connectivity index (χ4v) is 1.85. The monoisotopic (exact) mass is 330 g/mol. The average Bonchev–Trinajstić information content (AvgIpc) is 3.02. The average molecular weight is 330 g/mol. The van der Waals surface area contributed by atoms with Gasteiger partial charge in [0.2, 0.25) is 0 Å². The predicted molar refractivity (Wildman–Crippen MR) is 92.3 cm³/mol. The number of benzene rings is 1. The Labute approximate surface area is 137 Å². The first-order valence-corrected chi connectivity index (χ1v) is 7.03. The summed E-state index contributed by atoms with van der Waals surface area (Å²) in [6.45, 7) is 4.10. The van der Waals surface area contributed by atoms with E-state index in [1.807, 2.05) is 0 Å². The van der Waals surface area contributed by atoms with Crippen molar-refractivity contribution in [3.63, 3.8) is 0 Å². The second-order valence-corrected chi connectivity index (χ2v) is 4.79. The minimum atomic E-state index is -0.448. The maximum Gasteiger partial charge on any atom is 0.270 e. The molecule has 0 radical (unpaired) electrons. The van der Waals surface area contributed by atoms with Crippen LogP contribution in [0.2, 0.25) is 0 Å². The highest BCUT2D eigenvalue weighted by Crippen LogP contribution is 2.25. The number of furan rings is 1. The zero-order chi connectivity index (χ0) is 16.7. The van der Waals surface area contributed by atoms with Crippen LogP contribution in [0.1, 0.15) is 5.76 Å². The third kappa shape index (κ3) is 4.75. The second kappa shape index (κ2) is 7.85. The van der Waals surface area contributed by atoms with Gasteiger partial charge in [-0.2, -0.15) is 5.10 Å². The van der Waals surface area contributed by atoms with Crippen molar-refractivity contribution in [3.05, 3.63) is 64.9 Å². The Kier molecular flexibility index (Phi) is 5.59. The number of hydrogen-bond acceptors (Lipinski definition) is 5.